The van der Waals surface area contributed by atoms with Crippen LogP contribution in [0, 0.1) is 11.3 Å². The maximum atomic E-state index is 12.7. The minimum absolute atomic E-state index is 0.0126. The summed E-state index contributed by atoms with van der Waals surface area (Å²) in [4.78, 5) is 15.1. The smallest absolute Gasteiger partial charge is 0.266 e. The first-order chi connectivity index (χ1) is 15.2. The summed E-state index contributed by atoms with van der Waals surface area (Å²) in [5.74, 6) is 0.123. The fourth-order valence-corrected chi connectivity index (χ4v) is 4.20. The number of hydrogen-bond acceptors (Lipinski definition) is 4. The number of nitrogens with zero attached hydrogens (tertiary/aromatic N) is 2. The van der Waals surface area contributed by atoms with Crippen molar-refractivity contribution in [1.82, 2.24) is 0 Å². The molecule has 0 spiro atoms. The third-order valence-corrected chi connectivity index (χ3v) is 5.80. The summed E-state index contributed by atoms with van der Waals surface area (Å²) in [7, 11) is 1.60. The minimum Gasteiger partial charge on any atom is -0.496 e. The number of rotatable bonds is 6. The number of anilines is 2. The quantitative estimate of drug-likeness (QED) is 0.414. The molecule has 0 radical (unpaired) electrons. The van der Waals surface area contributed by atoms with E-state index >= 15 is 0 Å². The van der Waals surface area contributed by atoms with Gasteiger partial charge in [0.2, 0.25) is 0 Å². The lowest BCUT2D eigenvalue weighted by atomic mass is 9.87. The molecule has 6 heteroatoms. The zero-order valence-corrected chi connectivity index (χ0v) is 19.9. The number of methoxy groups -OCH3 is 1. The number of hydrogen-bond donors (Lipinski definition) is 1. The number of nitrogens with one attached hydrogen (secondary N) is 1. The Balaban J connectivity index is 2.03. The van der Waals surface area contributed by atoms with Gasteiger partial charge in [-0.25, -0.2) is 0 Å². The van der Waals surface area contributed by atoms with Crippen molar-refractivity contribution in [2.24, 2.45) is 0 Å². The van der Waals surface area contributed by atoms with Crippen molar-refractivity contribution in [3.63, 3.8) is 0 Å². The SMILES string of the molecule is CCCN1c2cc(OC)c(/C=C(\C#N)C(=O)Nc3ccc(Cl)cc3)cc2C(C)=CC1(C)C. The van der Waals surface area contributed by atoms with E-state index in [1.165, 1.54) is 0 Å². The summed E-state index contributed by atoms with van der Waals surface area (Å²) >= 11 is 5.90. The molecule has 0 aliphatic carbocycles. The van der Waals surface area contributed by atoms with Gasteiger partial charge in [-0.1, -0.05) is 24.6 Å². The summed E-state index contributed by atoms with van der Waals surface area (Å²) in [6, 6.07) is 12.7. The molecule has 1 aliphatic heterocycles. The molecule has 32 heavy (non-hydrogen) atoms. The highest BCUT2D eigenvalue weighted by atomic mass is 35.5. The summed E-state index contributed by atoms with van der Waals surface area (Å²) in [5, 5.41) is 13.0. The van der Waals surface area contributed by atoms with Crippen LogP contribution in [0.15, 0.2) is 48.0 Å². The second kappa shape index (κ2) is 9.50. The van der Waals surface area contributed by atoms with Gasteiger partial charge < -0.3 is 15.0 Å². The van der Waals surface area contributed by atoms with Crippen molar-refractivity contribution in [1.29, 1.82) is 5.26 Å². The number of carbonyl (C=O) groups is 1. The van der Waals surface area contributed by atoms with Crippen LogP contribution in [-0.2, 0) is 4.79 Å². The molecule has 1 heterocycles. The molecule has 5 nitrogen and oxygen atoms in total. The van der Waals surface area contributed by atoms with E-state index in [0.717, 1.165) is 29.8 Å². The number of amides is 1. The van der Waals surface area contributed by atoms with Crippen molar-refractivity contribution in [3.8, 4) is 11.8 Å². The molecular formula is C26H28ClN3O2. The highest BCUT2D eigenvalue weighted by Crippen LogP contribution is 2.42. The van der Waals surface area contributed by atoms with E-state index in [1.54, 1.807) is 37.5 Å². The molecule has 0 aromatic heterocycles. The fraction of sp³-hybridized carbons (Fsp3) is 0.308. The summed E-state index contributed by atoms with van der Waals surface area (Å²) in [5.41, 5.74) is 4.42. The van der Waals surface area contributed by atoms with E-state index in [1.807, 2.05) is 18.2 Å². The van der Waals surface area contributed by atoms with Gasteiger partial charge in [0.15, 0.2) is 0 Å². The number of benzene rings is 2. The lowest BCUT2D eigenvalue weighted by Crippen LogP contribution is -2.45. The first-order valence-electron chi connectivity index (χ1n) is 10.6. The van der Waals surface area contributed by atoms with Gasteiger partial charge in [0.25, 0.3) is 5.91 Å². The van der Waals surface area contributed by atoms with Crippen LogP contribution in [0.25, 0.3) is 11.6 Å². The number of carbonyl (C=O) groups excluding carboxylic acids is 1. The van der Waals surface area contributed by atoms with Gasteiger partial charge in [-0.2, -0.15) is 5.26 Å². The van der Waals surface area contributed by atoms with E-state index in [0.29, 0.717) is 22.0 Å². The number of ether oxygens (including phenoxy) is 1. The molecule has 0 saturated carbocycles. The van der Waals surface area contributed by atoms with Crippen LogP contribution in [0.1, 0.15) is 45.2 Å². The molecule has 1 N–H and O–H groups in total. The number of allylic oxidation sites excluding steroid dienone is 1. The molecule has 0 saturated heterocycles. The van der Waals surface area contributed by atoms with Gasteiger partial charge >= 0.3 is 0 Å². The second-order valence-electron chi connectivity index (χ2n) is 8.37. The van der Waals surface area contributed by atoms with Crippen LogP contribution in [0.2, 0.25) is 5.02 Å². The summed E-state index contributed by atoms with van der Waals surface area (Å²) in [6.45, 7) is 9.56. The monoisotopic (exact) mass is 449 g/mol. The van der Waals surface area contributed by atoms with Gasteiger partial charge in [-0.05, 0) is 69.2 Å². The summed E-state index contributed by atoms with van der Waals surface area (Å²) in [6.07, 6.45) is 4.84. The Kier molecular flexibility index (Phi) is 6.96. The van der Waals surface area contributed by atoms with Crippen molar-refractivity contribution in [2.75, 3.05) is 23.9 Å². The summed E-state index contributed by atoms with van der Waals surface area (Å²) < 4.78 is 5.65. The van der Waals surface area contributed by atoms with Gasteiger partial charge in [0, 0.05) is 40.1 Å². The van der Waals surface area contributed by atoms with Crippen LogP contribution < -0.4 is 15.0 Å². The zero-order chi connectivity index (χ0) is 23.5. The van der Waals surface area contributed by atoms with Crippen LogP contribution in [-0.4, -0.2) is 25.1 Å². The normalized spacial score (nSPS) is 14.8. The Morgan fingerprint density at radius 3 is 2.56 bits per heavy atom. The van der Waals surface area contributed by atoms with Crippen LogP contribution in [0.5, 0.6) is 5.75 Å². The third-order valence-electron chi connectivity index (χ3n) is 5.54. The first-order valence-corrected chi connectivity index (χ1v) is 11.0. The average molecular weight is 450 g/mol. The van der Waals surface area contributed by atoms with Crippen molar-refractivity contribution in [3.05, 3.63) is 64.2 Å². The standard InChI is InChI=1S/C26H28ClN3O2/c1-6-11-30-23-14-24(32-5)18(13-22(23)17(2)15-26(30,3)4)12-19(16-28)25(31)29-21-9-7-20(27)8-10-21/h7-10,12-15H,6,11H2,1-5H3,(H,29,31)/b19-12+. The molecule has 3 rings (SSSR count). The number of nitriles is 1. The molecule has 0 fully saturated rings. The largest absolute Gasteiger partial charge is 0.496 e. The van der Waals surface area contributed by atoms with Crippen molar-refractivity contribution in [2.45, 2.75) is 39.7 Å². The minimum atomic E-state index is -0.490. The Bertz CT molecular complexity index is 1120. The molecule has 1 aliphatic rings. The average Bonchev–Trinajstić information content (AvgIpc) is 2.75. The maximum absolute atomic E-state index is 12.7. The van der Waals surface area contributed by atoms with Crippen LogP contribution in [0.3, 0.4) is 0 Å². The molecule has 0 atom stereocenters. The second-order valence-corrected chi connectivity index (χ2v) is 8.81. The predicted molar refractivity (Wildman–Crippen MR) is 132 cm³/mol. The lowest BCUT2D eigenvalue weighted by molar-refractivity contribution is -0.112. The van der Waals surface area contributed by atoms with E-state index in [4.69, 9.17) is 16.3 Å². The molecule has 0 bridgehead atoms. The third kappa shape index (κ3) is 4.81. The number of halogens is 1. The molecule has 2 aromatic rings. The van der Waals surface area contributed by atoms with Crippen LogP contribution in [0.4, 0.5) is 11.4 Å². The topological polar surface area (TPSA) is 65.4 Å². The lowest BCUT2D eigenvalue weighted by Gasteiger charge is -2.43. The Labute approximate surface area is 194 Å². The highest BCUT2D eigenvalue weighted by molar-refractivity contribution is 6.30. The Morgan fingerprint density at radius 1 is 1.28 bits per heavy atom. The van der Waals surface area contributed by atoms with Gasteiger partial charge in [0.05, 0.1) is 12.6 Å². The Morgan fingerprint density at radius 2 is 1.97 bits per heavy atom. The van der Waals surface area contributed by atoms with Gasteiger partial charge in [-0.3, -0.25) is 4.79 Å². The number of fused-ring (bicyclic) bond motifs is 1. The maximum Gasteiger partial charge on any atom is 0.266 e. The van der Waals surface area contributed by atoms with E-state index in [-0.39, 0.29) is 11.1 Å². The molecule has 0 unspecified atom stereocenters. The van der Waals surface area contributed by atoms with Gasteiger partial charge in [0.1, 0.15) is 17.4 Å². The van der Waals surface area contributed by atoms with Crippen molar-refractivity contribution >= 4 is 40.5 Å². The van der Waals surface area contributed by atoms with Crippen LogP contribution >= 0.6 is 11.6 Å². The first kappa shape index (κ1) is 23.4. The highest BCUT2D eigenvalue weighted by Gasteiger charge is 2.31. The predicted octanol–water partition coefficient (Wildman–Crippen LogP) is 6.31. The molecule has 166 valence electrons. The van der Waals surface area contributed by atoms with E-state index in [2.05, 4.69) is 44.0 Å². The zero-order valence-electron chi connectivity index (χ0n) is 19.1. The van der Waals surface area contributed by atoms with Gasteiger partial charge in [-0.15, -0.1) is 0 Å². The molecule has 2 aromatic carbocycles. The van der Waals surface area contributed by atoms with Crippen molar-refractivity contribution < 1.29 is 9.53 Å². The molecular weight excluding hydrogens is 422 g/mol. The van der Waals surface area contributed by atoms with E-state index < -0.39 is 5.91 Å². The fourth-order valence-electron chi connectivity index (χ4n) is 4.08. The Hall–Kier alpha value is -3.23. The molecule has 1 amide bonds. The van der Waals surface area contributed by atoms with E-state index in [9.17, 15) is 10.1 Å².